The summed E-state index contributed by atoms with van der Waals surface area (Å²) in [7, 11) is 0. The van der Waals surface area contributed by atoms with Crippen molar-refractivity contribution in [3.8, 4) is 23.7 Å². The molecule has 0 aromatic heterocycles. The second kappa shape index (κ2) is 20.4. The topological polar surface area (TPSA) is 111 Å². The second-order valence-electron chi connectivity index (χ2n) is 14.8. The molecule has 4 aromatic carbocycles. The van der Waals surface area contributed by atoms with Gasteiger partial charge < -0.3 is 25.6 Å². The van der Waals surface area contributed by atoms with Crippen LogP contribution in [0.25, 0.3) is 0 Å². The number of nitrogens with two attached hydrogens (primary N) is 1. The van der Waals surface area contributed by atoms with Crippen LogP contribution >= 0.6 is 0 Å². The van der Waals surface area contributed by atoms with Gasteiger partial charge in [0.25, 0.3) is 5.91 Å². The molecule has 0 radical (unpaired) electrons. The summed E-state index contributed by atoms with van der Waals surface area (Å²) in [5, 5.41) is 11.7. The number of hydrogen-bond donors (Lipinski definition) is 3. The Balaban J connectivity index is 0.000000205. The van der Waals surface area contributed by atoms with Gasteiger partial charge in [-0.1, -0.05) is 47.9 Å². The van der Waals surface area contributed by atoms with Crippen LogP contribution < -0.4 is 11.1 Å². The maximum absolute atomic E-state index is 13.6. The van der Waals surface area contributed by atoms with Crippen molar-refractivity contribution < 1.29 is 33.0 Å². The number of carbonyl (C=O) groups is 2. The summed E-state index contributed by atoms with van der Waals surface area (Å²) in [6.07, 6.45) is 4.16. The van der Waals surface area contributed by atoms with Gasteiger partial charge in [0.1, 0.15) is 11.6 Å². The molecular weight excluding hydrogens is 699 g/mol. The van der Waals surface area contributed by atoms with E-state index in [1.807, 2.05) is 0 Å². The molecule has 0 saturated carbocycles. The first kappa shape index (κ1) is 42.4. The summed E-state index contributed by atoms with van der Waals surface area (Å²) < 4.78 is 38.1. The summed E-state index contributed by atoms with van der Waals surface area (Å²) >= 11 is 0. The van der Waals surface area contributed by atoms with Crippen LogP contribution in [-0.4, -0.2) is 54.5 Å². The molecule has 4 N–H and O–H groups in total. The first-order valence-electron chi connectivity index (χ1n) is 18.5. The molecule has 288 valence electrons. The molecule has 2 aliphatic rings. The highest BCUT2D eigenvalue weighted by molar-refractivity contribution is 5.94. The molecule has 4 aromatic rings. The molecule has 2 saturated heterocycles. The van der Waals surface area contributed by atoms with Gasteiger partial charge in [-0.05, 0) is 145 Å². The Bertz CT molecular complexity index is 2000. The quantitative estimate of drug-likeness (QED) is 0.178. The highest BCUT2D eigenvalue weighted by atomic mass is 19.1. The van der Waals surface area contributed by atoms with Crippen LogP contribution in [0.1, 0.15) is 96.3 Å². The first-order chi connectivity index (χ1) is 26.2. The lowest BCUT2D eigenvalue weighted by Gasteiger charge is -2.35. The Hall–Kier alpha value is -5.32. The van der Waals surface area contributed by atoms with Crippen molar-refractivity contribution in [2.45, 2.75) is 64.6 Å². The maximum atomic E-state index is 13.6. The molecule has 2 unspecified atom stereocenters. The van der Waals surface area contributed by atoms with Gasteiger partial charge in [-0.15, -0.1) is 0 Å². The average molecular weight is 749 g/mol. The summed E-state index contributed by atoms with van der Waals surface area (Å²) in [5.74, 6) is 10.6. The van der Waals surface area contributed by atoms with Crippen molar-refractivity contribution >= 4 is 11.9 Å². The molecular formula is C46H50F2N2O5. The Labute approximate surface area is 323 Å². The van der Waals surface area contributed by atoms with Crippen LogP contribution in [0, 0.1) is 47.2 Å². The van der Waals surface area contributed by atoms with Crippen LogP contribution in [0.3, 0.4) is 0 Å². The standard InChI is InChI=1S/C23H24FNO2.C15H9FO2.C8H17NO/c1-23(2)15-18(13-14-27-23)16-25-22(26)20-11-8-17(9-12-20)7-10-19-5-3-4-6-21(19)24;16-14-4-2-1-3-12(14)8-5-11-6-9-13(10-7-11)15(17)18;1-8(2)5-7(6-9)3-4-10-8/h3-6,8-9,11-12,18H,13-16H2,1-2H3,(H,25,26);1-4,6-7,9-10H,(H,17,18);7H,3-6,9H2,1-2H3. The molecule has 0 bridgehead atoms. The predicted molar refractivity (Wildman–Crippen MR) is 212 cm³/mol. The molecule has 2 atom stereocenters. The fourth-order valence-corrected chi connectivity index (χ4v) is 6.24. The van der Waals surface area contributed by atoms with Crippen LogP contribution in [0.4, 0.5) is 8.78 Å². The number of carbonyl (C=O) groups excluding carboxylic acids is 1. The van der Waals surface area contributed by atoms with Gasteiger partial charge in [0.05, 0.1) is 27.9 Å². The lowest BCUT2D eigenvalue weighted by atomic mass is 9.88. The van der Waals surface area contributed by atoms with E-state index in [2.05, 4.69) is 56.7 Å². The van der Waals surface area contributed by atoms with E-state index in [1.165, 1.54) is 24.3 Å². The van der Waals surface area contributed by atoms with Gasteiger partial charge >= 0.3 is 5.97 Å². The molecule has 2 fully saturated rings. The maximum Gasteiger partial charge on any atom is 0.335 e. The zero-order valence-electron chi connectivity index (χ0n) is 32.0. The van der Waals surface area contributed by atoms with Gasteiger partial charge in [0, 0.05) is 36.4 Å². The van der Waals surface area contributed by atoms with Gasteiger partial charge in [-0.2, -0.15) is 0 Å². The summed E-state index contributed by atoms with van der Waals surface area (Å²) in [5.41, 5.74) is 8.38. The average Bonchev–Trinajstić information content (AvgIpc) is 3.16. The van der Waals surface area contributed by atoms with Crippen molar-refractivity contribution in [2.24, 2.45) is 17.6 Å². The zero-order valence-corrected chi connectivity index (χ0v) is 32.0. The number of nitrogens with one attached hydrogen (secondary N) is 1. The number of carboxylic acids is 1. The minimum absolute atomic E-state index is 0.0717. The number of benzene rings is 4. The fraction of sp³-hybridized carbons (Fsp3) is 0.348. The predicted octanol–water partition coefficient (Wildman–Crippen LogP) is 8.23. The largest absolute Gasteiger partial charge is 0.478 e. The monoisotopic (exact) mass is 748 g/mol. The van der Waals surface area contributed by atoms with Crippen molar-refractivity contribution in [2.75, 3.05) is 26.3 Å². The molecule has 2 aliphatic heterocycles. The normalized spacial score (nSPS) is 17.9. The fourth-order valence-electron chi connectivity index (χ4n) is 6.24. The minimum atomic E-state index is -0.983. The lowest BCUT2D eigenvalue weighted by molar-refractivity contribution is -0.0716. The number of amides is 1. The van der Waals surface area contributed by atoms with Crippen LogP contribution in [0.5, 0.6) is 0 Å². The molecule has 7 nitrogen and oxygen atoms in total. The smallest absolute Gasteiger partial charge is 0.335 e. The third-order valence-corrected chi connectivity index (χ3v) is 9.19. The first-order valence-corrected chi connectivity index (χ1v) is 18.5. The Morgan fingerprint density at radius 3 is 1.55 bits per heavy atom. The third-order valence-electron chi connectivity index (χ3n) is 9.19. The number of halogens is 2. The number of aromatic carboxylic acids is 1. The molecule has 55 heavy (non-hydrogen) atoms. The van der Waals surface area contributed by atoms with Gasteiger partial charge in [-0.3, -0.25) is 4.79 Å². The van der Waals surface area contributed by atoms with Gasteiger partial charge in [-0.25, -0.2) is 13.6 Å². The van der Waals surface area contributed by atoms with E-state index in [9.17, 15) is 18.4 Å². The van der Waals surface area contributed by atoms with E-state index in [0.717, 1.165) is 51.0 Å². The van der Waals surface area contributed by atoms with E-state index in [0.29, 0.717) is 40.6 Å². The highest BCUT2D eigenvalue weighted by Gasteiger charge is 2.29. The zero-order chi connectivity index (χ0) is 39.8. The number of rotatable bonds is 5. The number of carboxylic acid groups (broad SMARTS) is 1. The van der Waals surface area contributed by atoms with Gasteiger partial charge in [0.15, 0.2) is 0 Å². The Kier molecular flexibility index (Phi) is 15.7. The minimum Gasteiger partial charge on any atom is -0.478 e. The van der Waals surface area contributed by atoms with Crippen molar-refractivity contribution in [1.29, 1.82) is 0 Å². The van der Waals surface area contributed by atoms with E-state index < -0.39 is 5.97 Å². The molecule has 6 rings (SSSR count). The SMILES string of the molecule is CC1(C)CC(CN)CCO1.CC1(C)CC(CNC(=O)c2ccc(C#Cc3ccccc3F)cc2)CCO1.O=C(O)c1ccc(C#Cc2ccccc2F)cc1. The van der Waals surface area contributed by atoms with E-state index in [1.54, 1.807) is 72.8 Å². The van der Waals surface area contributed by atoms with Crippen LogP contribution in [0.2, 0.25) is 0 Å². The summed E-state index contributed by atoms with van der Waals surface area (Å²) in [6.45, 7) is 11.5. The third kappa shape index (κ3) is 14.4. The van der Waals surface area contributed by atoms with Crippen molar-refractivity contribution in [3.63, 3.8) is 0 Å². The van der Waals surface area contributed by atoms with Crippen LogP contribution in [0.15, 0.2) is 97.1 Å². The Morgan fingerprint density at radius 1 is 0.691 bits per heavy atom. The van der Waals surface area contributed by atoms with E-state index >= 15 is 0 Å². The molecule has 0 spiro atoms. The van der Waals surface area contributed by atoms with Crippen molar-refractivity contribution in [1.82, 2.24) is 5.32 Å². The van der Waals surface area contributed by atoms with E-state index in [4.69, 9.17) is 20.3 Å². The Morgan fingerprint density at radius 2 is 1.13 bits per heavy atom. The number of hydrogen-bond acceptors (Lipinski definition) is 5. The van der Waals surface area contributed by atoms with Crippen molar-refractivity contribution in [3.05, 3.63) is 142 Å². The number of ether oxygens (including phenoxy) is 2. The van der Waals surface area contributed by atoms with E-state index in [-0.39, 0.29) is 34.3 Å². The molecule has 2 heterocycles. The molecule has 0 aliphatic carbocycles. The summed E-state index contributed by atoms with van der Waals surface area (Å²) in [4.78, 5) is 23.0. The van der Waals surface area contributed by atoms with Crippen LogP contribution in [-0.2, 0) is 9.47 Å². The van der Waals surface area contributed by atoms with Gasteiger partial charge in [0.2, 0.25) is 0 Å². The summed E-state index contributed by atoms with van der Waals surface area (Å²) in [6, 6.07) is 25.8. The molecule has 1 amide bonds. The highest BCUT2D eigenvalue weighted by Crippen LogP contribution is 2.28. The lowest BCUT2D eigenvalue weighted by Crippen LogP contribution is -2.39. The second-order valence-corrected chi connectivity index (χ2v) is 14.8. The molecule has 9 heteroatoms.